The normalized spacial score (nSPS) is 37.9. The molecule has 18 heavy (non-hydrogen) atoms. The highest BCUT2D eigenvalue weighted by Gasteiger charge is 2.54. The molecule has 0 N–H and O–H groups in total. The highest BCUT2D eigenvalue weighted by Crippen LogP contribution is 2.54. The maximum atomic E-state index is 11.4. The first kappa shape index (κ1) is 14.0. The lowest BCUT2D eigenvalue weighted by molar-refractivity contribution is -0.298. The molecule has 3 heteroatoms. The van der Waals surface area contributed by atoms with Gasteiger partial charge in [0.05, 0.1) is 13.2 Å². The summed E-state index contributed by atoms with van der Waals surface area (Å²) in [5.74, 6) is 0.291. The zero-order valence-corrected chi connectivity index (χ0v) is 12.3. The minimum atomic E-state index is -0.431. The Kier molecular flexibility index (Phi) is 3.35. The molecule has 0 unspecified atom stereocenters. The lowest BCUT2D eigenvalue weighted by Crippen LogP contribution is -2.46. The summed E-state index contributed by atoms with van der Waals surface area (Å²) >= 11 is 0. The number of hydrogen-bond acceptors (Lipinski definition) is 3. The molecule has 1 aliphatic carbocycles. The summed E-state index contributed by atoms with van der Waals surface area (Å²) in [5.41, 5.74) is 0.126. The third-order valence-corrected chi connectivity index (χ3v) is 4.58. The van der Waals surface area contributed by atoms with E-state index in [-0.39, 0.29) is 16.6 Å². The van der Waals surface area contributed by atoms with Gasteiger partial charge in [0.25, 0.3) is 0 Å². The van der Waals surface area contributed by atoms with E-state index in [0.29, 0.717) is 12.3 Å². The molecule has 2 aliphatic rings. The lowest BCUT2D eigenvalue weighted by atomic mass is 9.77. The van der Waals surface area contributed by atoms with Gasteiger partial charge < -0.3 is 14.3 Å². The van der Waals surface area contributed by atoms with E-state index in [2.05, 4.69) is 27.7 Å². The second kappa shape index (κ2) is 4.31. The molecule has 2 atom stereocenters. The van der Waals surface area contributed by atoms with Crippen LogP contribution < -0.4 is 0 Å². The Morgan fingerprint density at radius 2 is 1.78 bits per heavy atom. The lowest BCUT2D eigenvalue weighted by Gasteiger charge is -2.42. The molecule has 2 rings (SSSR count). The molecule has 0 aromatic rings. The Morgan fingerprint density at radius 1 is 1.22 bits per heavy atom. The number of carbonyl (C=O) groups is 1. The van der Waals surface area contributed by atoms with Crippen LogP contribution in [0.5, 0.6) is 0 Å². The molecular formula is C15H26O3. The van der Waals surface area contributed by atoms with Crippen molar-refractivity contribution >= 4 is 5.78 Å². The Balaban J connectivity index is 2.08. The Bertz CT molecular complexity index is 338. The van der Waals surface area contributed by atoms with Crippen LogP contribution in [0.1, 0.15) is 53.9 Å². The van der Waals surface area contributed by atoms with Gasteiger partial charge in [0, 0.05) is 24.7 Å². The number of carbonyl (C=O) groups excluding carboxylic acids is 1. The standard InChI is InChI=1S/C15H26O3/c1-11-6-15(8-14(11,5)7-12(2)16)17-9-13(3,4)10-18-15/h11H,6-10H2,1-5H3/t11-,14+/m0/s1. The number of ether oxygens (including phenoxy) is 2. The van der Waals surface area contributed by atoms with E-state index in [1.165, 1.54) is 0 Å². The smallest absolute Gasteiger partial charge is 0.169 e. The third kappa shape index (κ3) is 2.62. The van der Waals surface area contributed by atoms with Crippen LogP contribution in [0, 0.1) is 16.7 Å². The van der Waals surface area contributed by atoms with Gasteiger partial charge in [-0.3, -0.25) is 0 Å². The highest BCUT2D eigenvalue weighted by molar-refractivity contribution is 5.76. The minimum absolute atomic E-state index is 0.0211. The van der Waals surface area contributed by atoms with Crippen molar-refractivity contribution in [3.8, 4) is 0 Å². The third-order valence-electron chi connectivity index (χ3n) is 4.58. The monoisotopic (exact) mass is 254 g/mol. The summed E-state index contributed by atoms with van der Waals surface area (Å²) in [6.07, 6.45) is 2.38. The van der Waals surface area contributed by atoms with E-state index in [1.807, 2.05) is 0 Å². The van der Waals surface area contributed by atoms with Crippen molar-refractivity contribution < 1.29 is 14.3 Å². The topological polar surface area (TPSA) is 35.5 Å². The molecule has 0 aromatic heterocycles. The van der Waals surface area contributed by atoms with Gasteiger partial charge in [0.1, 0.15) is 5.78 Å². The van der Waals surface area contributed by atoms with Gasteiger partial charge in [0.15, 0.2) is 5.79 Å². The molecule has 1 aliphatic heterocycles. The molecule has 0 bridgehead atoms. The van der Waals surface area contributed by atoms with E-state index < -0.39 is 5.79 Å². The fraction of sp³-hybridized carbons (Fsp3) is 0.933. The van der Waals surface area contributed by atoms with Crippen LogP contribution in [0.2, 0.25) is 0 Å². The van der Waals surface area contributed by atoms with Crippen LogP contribution in [0.4, 0.5) is 0 Å². The van der Waals surface area contributed by atoms with Crippen LogP contribution in [0.3, 0.4) is 0 Å². The Morgan fingerprint density at radius 3 is 2.28 bits per heavy atom. The van der Waals surface area contributed by atoms with Crippen LogP contribution in [0.25, 0.3) is 0 Å². The second-order valence-electron chi connectivity index (χ2n) is 7.47. The van der Waals surface area contributed by atoms with Crippen molar-refractivity contribution in [3.05, 3.63) is 0 Å². The van der Waals surface area contributed by atoms with Crippen molar-refractivity contribution in [2.75, 3.05) is 13.2 Å². The van der Waals surface area contributed by atoms with E-state index >= 15 is 0 Å². The maximum absolute atomic E-state index is 11.4. The van der Waals surface area contributed by atoms with Gasteiger partial charge >= 0.3 is 0 Å². The van der Waals surface area contributed by atoms with Crippen LogP contribution >= 0.6 is 0 Å². The zero-order valence-electron chi connectivity index (χ0n) is 12.3. The largest absolute Gasteiger partial charge is 0.349 e. The first-order valence-electron chi connectivity index (χ1n) is 6.94. The molecule has 0 radical (unpaired) electrons. The number of hydrogen-bond donors (Lipinski definition) is 0. The highest BCUT2D eigenvalue weighted by atomic mass is 16.7. The first-order valence-corrected chi connectivity index (χ1v) is 6.94. The quantitative estimate of drug-likeness (QED) is 0.759. The second-order valence-corrected chi connectivity index (χ2v) is 7.47. The molecule has 1 spiro atoms. The summed E-state index contributed by atoms with van der Waals surface area (Å²) in [6, 6.07) is 0. The maximum Gasteiger partial charge on any atom is 0.169 e. The van der Waals surface area contributed by atoms with Crippen molar-refractivity contribution in [2.45, 2.75) is 59.7 Å². The van der Waals surface area contributed by atoms with Crippen molar-refractivity contribution in [1.82, 2.24) is 0 Å². The Hall–Kier alpha value is -0.410. The summed E-state index contributed by atoms with van der Waals surface area (Å²) in [5, 5.41) is 0. The predicted octanol–water partition coefficient (Wildman–Crippen LogP) is 3.17. The molecule has 104 valence electrons. The molecule has 3 nitrogen and oxygen atoms in total. The average molecular weight is 254 g/mol. The van der Waals surface area contributed by atoms with Gasteiger partial charge in [-0.05, 0) is 18.3 Å². The van der Waals surface area contributed by atoms with Crippen molar-refractivity contribution in [1.29, 1.82) is 0 Å². The SMILES string of the molecule is CC(=O)C[C@]1(C)CC2(C[C@@H]1C)OCC(C)(C)CO2. The number of Topliss-reactive ketones (excluding diaryl/α,β-unsaturated/α-hetero) is 1. The van der Waals surface area contributed by atoms with Crippen molar-refractivity contribution in [2.24, 2.45) is 16.7 Å². The number of ketones is 1. The zero-order chi connectivity index (χ0) is 13.6. The van der Waals surface area contributed by atoms with E-state index in [1.54, 1.807) is 6.92 Å². The summed E-state index contributed by atoms with van der Waals surface area (Å²) < 4.78 is 12.1. The predicted molar refractivity (Wildman–Crippen MR) is 70.2 cm³/mol. The van der Waals surface area contributed by atoms with Gasteiger partial charge in [-0.2, -0.15) is 0 Å². The fourth-order valence-corrected chi connectivity index (χ4v) is 3.34. The summed E-state index contributed by atoms with van der Waals surface area (Å²) in [4.78, 5) is 11.4. The van der Waals surface area contributed by atoms with Gasteiger partial charge in [0.2, 0.25) is 0 Å². The fourth-order valence-electron chi connectivity index (χ4n) is 3.34. The molecule has 1 saturated heterocycles. The molecule has 1 heterocycles. The average Bonchev–Trinajstić information content (AvgIpc) is 2.44. The number of rotatable bonds is 2. The summed E-state index contributed by atoms with van der Waals surface area (Å²) in [7, 11) is 0. The minimum Gasteiger partial charge on any atom is -0.349 e. The van der Waals surface area contributed by atoms with E-state index in [4.69, 9.17) is 9.47 Å². The van der Waals surface area contributed by atoms with Gasteiger partial charge in [-0.25, -0.2) is 0 Å². The summed E-state index contributed by atoms with van der Waals surface area (Å²) in [6.45, 7) is 11.9. The molecular weight excluding hydrogens is 228 g/mol. The van der Waals surface area contributed by atoms with Crippen LogP contribution in [-0.4, -0.2) is 24.8 Å². The molecule has 0 aromatic carbocycles. The first-order chi connectivity index (χ1) is 8.17. The molecule has 2 fully saturated rings. The van der Waals surface area contributed by atoms with Gasteiger partial charge in [-0.1, -0.05) is 27.7 Å². The van der Waals surface area contributed by atoms with Crippen molar-refractivity contribution in [3.63, 3.8) is 0 Å². The molecule has 0 amide bonds. The van der Waals surface area contributed by atoms with Gasteiger partial charge in [-0.15, -0.1) is 0 Å². The van der Waals surface area contributed by atoms with Crippen LogP contribution in [0.15, 0.2) is 0 Å². The molecule has 1 saturated carbocycles. The van der Waals surface area contributed by atoms with Crippen LogP contribution in [-0.2, 0) is 14.3 Å². The van der Waals surface area contributed by atoms with E-state index in [9.17, 15) is 4.79 Å². The van der Waals surface area contributed by atoms with E-state index in [0.717, 1.165) is 26.1 Å². The Labute approximate surface area is 110 Å².